The molecular weight excluding hydrogens is 244 g/mol. The normalized spacial score (nSPS) is 11.7. The summed E-state index contributed by atoms with van der Waals surface area (Å²) >= 11 is 5.82. The van der Waals surface area contributed by atoms with Gasteiger partial charge in [0.1, 0.15) is 0 Å². The van der Waals surface area contributed by atoms with Crippen LogP contribution < -0.4 is 22.5 Å². The zero-order chi connectivity index (χ0) is 12.8. The van der Waals surface area contributed by atoms with E-state index in [0.717, 1.165) is 0 Å². The molecule has 0 heterocycles. The van der Waals surface area contributed by atoms with Crippen molar-refractivity contribution in [1.29, 1.82) is 0 Å². The quantitative estimate of drug-likeness (QED) is 0.339. The van der Waals surface area contributed by atoms with Gasteiger partial charge in [-0.2, -0.15) is 0 Å². The van der Waals surface area contributed by atoms with Crippen molar-refractivity contribution in [3.05, 3.63) is 34.9 Å². The summed E-state index contributed by atoms with van der Waals surface area (Å²) in [5, 5.41) is 0.477. The van der Waals surface area contributed by atoms with Crippen LogP contribution in [0.25, 0.3) is 0 Å². The molecule has 0 saturated heterocycles. The van der Waals surface area contributed by atoms with E-state index in [0.29, 0.717) is 10.6 Å². The molecule has 1 rings (SSSR count). The molecular formula is C10H13ClN4O2. The molecule has 0 aromatic heterocycles. The highest BCUT2D eigenvalue weighted by Gasteiger charge is 2.23. The van der Waals surface area contributed by atoms with E-state index >= 15 is 0 Å². The Morgan fingerprint density at radius 3 is 2.53 bits per heavy atom. The lowest BCUT2D eigenvalue weighted by atomic mass is 9.95. The summed E-state index contributed by atoms with van der Waals surface area (Å²) in [4.78, 5) is 22.8. The summed E-state index contributed by atoms with van der Waals surface area (Å²) in [6.07, 6.45) is -0.0973. The molecule has 2 amide bonds. The van der Waals surface area contributed by atoms with Crippen LogP contribution in [0.3, 0.4) is 0 Å². The van der Waals surface area contributed by atoms with Crippen LogP contribution in [0.1, 0.15) is 17.9 Å². The van der Waals surface area contributed by atoms with Gasteiger partial charge < -0.3 is 0 Å². The summed E-state index contributed by atoms with van der Waals surface area (Å²) in [5.41, 5.74) is 4.58. The lowest BCUT2D eigenvalue weighted by molar-refractivity contribution is -0.127. The number of benzene rings is 1. The number of amides is 2. The van der Waals surface area contributed by atoms with Crippen LogP contribution in [0.5, 0.6) is 0 Å². The summed E-state index contributed by atoms with van der Waals surface area (Å²) in [6, 6.07) is 6.65. The number of carbonyl (C=O) groups excluding carboxylic acids is 2. The van der Waals surface area contributed by atoms with E-state index in [1.807, 2.05) is 10.9 Å². The highest BCUT2D eigenvalue weighted by atomic mass is 35.5. The second-order valence-electron chi connectivity index (χ2n) is 3.39. The van der Waals surface area contributed by atoms with Gasteiger partial charge >= 0.3 is 0 Å². The molecule has 1 atom stereocenters. The topological polar surface area (TPSA) is 110 Å². The largest absolute Gasteiger partial charge is 0.294 e. The molecule has 92 valence electrons. The molecule has 0 bridgehead atoms. The van der Waals surface area contributed by atoms with Gasteiger partial charge in [0.2, 0.25) is 11.8 Å². The van der Waals surface area contributed by atoms with Crippen LogP contribution >= 0.6 is 11.6 Å². The second kappa shape index (κ2) is 6.19. The average Bonchev–Trinajstić information content (AvgIpc) is 2.34. The molecule has 1 aromatic carbocycles. The van der Waals surface area contributed by atoms with Crippen LogP contribution in [0.15, 0.2) is 24.3 Å². The monoisotopic (exact) mass is 256 g/mol. The van der Waals surface area contributed by atoms with Gasteiger partial charge in [0, 0.05) is 11.4 Å². The number of nitrogens with two attached hydrogens (primary N) is 2. The van der Waals surface area contributed by atoms with Crippen molar-refractivity contribution in [2.24, 2.45) is 11.7 Å². The standard InChI is InChI=1S/C10H13ClN4O2/c11-7-3-1-2-6(4-7)8(10(17)15-13)5-9(16)14-12/h1-4,8H,5,12-13H2,(H,14,16)(H,15,17)/t8-/m0/s1. The fraction of sp³-hybridized carbons (Fsp3) is 0.200. The Bertz CT molecular complexity index is 425. The van der Waals surface area contributed by atoms with Crippen molar-refractivity contribution in [2.45, 2.75) is 12.3 Å². The van der Waals surface area contributed by atoms with Gasteiger partial charge in [0.15, 0.2) is 0 Å². The van der Waals surface area contributed by atoms with Gasteiger partial charge in [-0.15, -0.1) is 0 Å². The number of halogens is 1. The van der Waals surface area contributed by atoms with Crippen molar-refractivity contribution < 1.29 is 9.59 Å². The van der Waals surface area contributed by atoms with E-state index in [9.17, 15) is 9.59 Å². The van der Waals surface area contributed by atoms with Gasteiger partial charge in [0.25, 0.3) is 0 Å². The maximum atomic E-state index is 11.6. The first-order chi connectivity index (χ1) is 8.08. The van der Waals surface area contributed by atoms with Gasteiger partial charge in [-0.1, -0.05) is 23.7 Å². The van der Waals surface area contributed by atoms with Crippen molar-refractivity contribution >= 4 is 23.4 Å². The highest BCUT2D eigenvalue weighted by molar-refractivity contribution is 6.30. The zero-order valence-electron chi connectivity index (χ0n) is 8.94. The molecule has 0 radical (unpaired) electrons. The molecule has 0 aliphatic heterocycles. The lowest BCUT2D eigenvalue weighted by Gasteiger charge is -2.14. The number of rotatable bonds is 4. The number of hydrazine groups is 2. The van der Waals surface area contributed by atoms with Crippen LogP contribution in [0, 0.1) is 0 Å². The number of hydrogen-bond donors (Lipinski definition) is 4. The fourth-order valence-corrected chi connectivity index (χ4v) is 1.63. The maximum Gasteiger partial charge on any atom is 0.241 e. The number of nitrogens with one attached hydrogen (secondary N) is 2. The molecule has 0 aliphatic rings. The molecule has 1 aromatic rings. The number of carbonyl (C=O) groups is 2. The van der Waals surface area contributed by atoms with E-state index < -0.39 is 17.7 Å². The molecule has 6 nitrogen and oxygen atoms in total. The van der Waals surface area contributed by atoms with E-state index in [4.69, 9.17) is 23.3 Å². The smallest absolute Gasteiger partial charge is 0.241 e. The molecule has 6 N–H and O–H groups in total. The van der Waals surface area contributed by atoms with E-state index in [-0.39, 0.29) is 6.42 Å². The van der Waals surface area contributed by atoms with E-state index in [1.165, 1.54) is 0 Å². The van der Waals surface area contributed by atoms with Crippen LogP contribution in [-0.4, -0.2) is 11.8 Å². The Kier molecular flexibility index (Phi) is 4.89. The Hall–Kier alpha value is -1.63. The first-order valence-corrected chi connectivity index (χ1v) is 5.21. The minimum absolute atomic E-state index is 0.0973. The van der Waals surface area contributed by atoms with Gasteiger partial charge in [-0.25, -0.2) is 11.7 Å². The van der Waals surface area contributed by atoms with Gasteiger partial charge in [-0.05, 0) is 17.7 Å². The molecule has 0 aliphatic carbocycles. The van der Waals surface area contributed by atoms with Crippen molar-refractivity contribution in [1.82, 2.24) is 10.9 Å². The van der Waals surface area contributed by atoms with E-state index in [1.54, 1.807) is 24.3 Å². The fourth-order valence-electron chi connectivity index (χ4n) is 1.43. The lowest BCUT2D eigenvalue weighted by Crippen LogP contribution is -2.38. The summed E-state index contributed by atoms with van der Waals surface area (Å²) in [5.74, 6) is 8.40. The number of hydrogen-bond acceptors (Lipinski definition) is 4. The van der Waals surface area contributed by atoms with Crippen molar-refractivity contribution in [3.63, 3.8) is 0 Å². The van der Waals surface area contributed by atoms with Crippen LogP contribution in [0.4, 0.5) is 0 Å². The first-order valence-electron chi connectivity index (χ1n) is 4.84. The van der Waals surface area contributed by atoms with Crippen LogP contribution in [-0.2, 0) is 9.59 Å². The third-order valence-electron chi connectivity index (χ3n) is 2.26. The minimum Gasteiger partial charge on any atom is -0.294 e. The second-order valence-corrected chi connectivity index (χ2v) is 3.82. The highest BCUT2D eigenvalue weighted by Crippen LogP contribution is 2.22. The zero-order valence-corrected chi connectivity index (χ0v) is 9.70. The third kappa shape index (κ3) is 3.70. The summed E-state index contributed by atoms with van der Waals surface area (Å²) in [6.45, 7) is 0. The predicted octanol–water partition coefficient (Wildman–Crippen LogP) is -0.206. The van der Waals surface area contributed by atoms with Crippen molar-refractivity contribution in [3.8, 4) is 0 Å². The molecule has 0 fully saturated rings. The Balaban J connectivity index is 2.97. The minimum atomic E-state index is -0.720. The molecule has 17 heavy (non-hydrogen) atoms. The predicted molar refractivity (Wildman–Crippen MR) is 63.5 cm³/mol. The molecule has 0 saturated carbocycles. The Morgan fingerprint density at radius 2 is 2.00 bits per heavy atom. The Labute approximate surface area is 103 Å². The Morgan fingerprint density at radius 1 is 1.29 bits per heavy atom. The third-order valence-corrected chi connectivity index (χ3v) is 2.50. The first kappa shape index (κ1) is 13.4. The van der Waals surface area contributed by atoms with E-state index in [2.05, 4.69) is 0 Å². The van der Waals surface area contributed by atoms with Gasteiger partial charge in [-0.3, -0.25) is 20.4 Å². The van der Waals surface area contributed by atoms with Gasteiger partial charge in [0.05, 0.1) is 5.92 Å². The maximum absolute atomic E-state index is 11.6. The summed E-state index contributed by atoms with van der Waals surface area (Å²) < 4.78 is 0. The SMILES string of the molecule is NNC(=O)C[C@H](C(=O)NN)c1cccc(Cl)c1. The van der Waals surface area contributed by atoms with Crippen molar-refractivity contribution in [2.75, 3.05) is 0 Å². The molecule has 7 heteroatoms. The van der Waals surface area contributed by atoms with Crippen LogP contribution in [0.2, 0.25) is 5.02 Å². The molecule has 0 unspecified atom stereocenters. The molecule has 0 spiro atoms. The summed E-state index contributed by atoms with van der Waals surface area (Å²) in [7, 11) is 0. The average molecular weight is 257 g/mol.